The van der Waals surface area contributed by atoms with Gasteiger partial charge in [0, 0.05) is 24.4 Å². The quantitative estimate of drug-likeness (QED) is 0.931. The van der Waals surface area contributed by atoms with Crippen LogP contribution in [-0.4, -0.2) is 26.8 Å². The summed E-state index contributed by atoms with van der Waals surface area (Å²) in [6.07, 6.45) is 2.09. The molecule has 7 heteroatoms. The van der Waals surface area contributed by atoms with E-state index in [1.165, 1.54) is 0 Å². The largest absolute Gasteiger partial charge is 0.480 e. The normalized spacial score (nSPS) is 18.7. The topological polar surface area (TPSA) is 69.0 Å². The second kappa shape index (κ2) is 5.28. The fraction of sp³-hybridized carbons (Fsp3) is 0.400. The number of benzene rings is 1. The maximum absolute atomic E-state index is 12.3. The molecule has 2 aromatic rings. The first-order valence-corrected chi connectivity index (χ1v) is 7.72. The first kappa shape index (κ1) is 13.6. The van der Waals surface area contributed by atoms with Crippen molar-refractivity contribution in [2.24, 2.45) is 0 Å². The number of halogens is 1. The summed E-state index contributed by atoms with van der Waals surface area (Å²) in [6.45, 7) is 1.31. The van der Waals surface area contributed by atoms with E-state index in [0.717, 1.165) is 42.3 Å². The van der Waals surface area contributed by atoms with Crippen molar-refractivity contribution in [3.63, 3.8) is 0 Å². The number of rotatable bonds is 3. The Morgan fingerprint density at radius 2 is 2.36 bits per heavy atom. The number of nitrogens with one attached hydrogen (secondary N) is 1. The molecule has 1 amide bonds. The summed E-state index contributed by atoms with van der Waals surface area (Å²) in [4.78, 5) is 12.3. The third kappa shape index (κ3) is 2.33. The number of aryl methyl sites for hydroxylation is 1. The van der Waals surface area contributed by atoms with E-state index in [0.29, 0.717) is 18.0 Å². The van der Waals surface area contributed by atoms with E-state index in [9.17, 15) is 4.79 Å². The van der Waals surface area contributed by atoms with Gasteiger partial charge in [-0.15, -0.1) is 10.2 Å². The fourth-order valence-corrected chi connectivity index (χ4v) is 3.18. The monoisotopic (exact) mass is 318 g/mol. The average molecular weight is 319 g/mol. The van der Waals surface area contributed by atoms with Crippen LogP contribution in [0, 0.1) is 0 Å². The van der Waals surface area contributed by atoms with Gasteiger partial charge in [0.05, 0.1) is 6.54 Å². The summed E-state index contributed by atoms with van der Waals surface area (Å²) in [5.74, 6) is 2.40. The number of ether oxygens (including phenoxy) is 1. The fourth-order valence-electron chi connectivity index (χ4n) is 2.98. The number of amides is 1. The van der Waals surface area contributed by atoms with Crippen LogP contribution in [0.2, 0.25) is 5.02 Å². The standard InChI is InChI=1S/C15H15ClN4O2/c16-10-3-4-11-9(6-10)7-12(22-11)15(21)17-8-14-19-18-13-2-1-5-20(13)14/h3-4,6,12H,1-2,5,7-8H2,(H,17,21). The molecule has 114 valence electrons. The first-order chi connectivity index (χ1) is 10.7. The second-order valence-electron chi connectivity index (χ2n) is 5.57. The van der Waals surface area contributed by atoms with Gasteiger partial charge in [-0.05, 0) is 30.2 Å². The van der Waals surface area contributed by atoms with Crippen molar-refractivity contribution in [1.82, 2.24) is 20.1 Å². The number of aromatic nitrogens is 3. The molecule has 0 fully saturated rings. The van der Waals surface area contributed by atoms with Crippen molar-refractivity contribution in [2.75, 3.05) is 0 Å². The van der Waals surface area contributed by atoms with Crippen molar-refractivity contribution < 1.29 is 9.53 Å². The van der Waals surface area contributed by atoms with Crippen LogP contribution in [0.5, 0.6) is 5.75 Å². The molecule has 4 rings (SSSR count). The molecule has 1 aromatic heterocycles. The molecular formula is C15H15ClN4O2. The molecule has 1 unspecified atom stereocenters. The summed E-state index contributed by atoms with van der Waals surface area (Å²) < 4.78 is 7.75. The third-order valence-electron chi connectivity index (χ3n) is 4.10. The van der Waals surface area contributed by atoms with Gasteiger partial charge in [0.2, 0.25) is 0 Å². The Labute approximate surface area is 132 Å². The van der Waals surface area contributed by atoms with E-state index in [-0.39, 0.29) is 5.91 Å². The Hall–Kier alpha value is -2.08. The lowest BCUT2D eigenvalue weighted by Gasteiger charge is -2.11. The van der Waals surface area contributed by atoms with Gasteiger partial charge in [0.1, 0.15) is 11.6 Å². The molecule has 1 N–H and O–H groups in total. The Morgan fingerprint density at radius 3 is 3.27 bits per heavy atom. The maximum Gasteiger partial charge on any atom is 0.261 e. The van der Waals surface area contributed by atoms with Gasteiger partial charge in [0.15, 0.2) is 11.9 Å². The molecular weight excluding hydrogens is 304 g/mol. The Balaban J connectivity index is 1.39. The molecule has 0 aliphatic carbocycles. The smallest absolute Gasteiger partial charge is 0.261 e. The number of carbonyl (C=O) groups excluding carboxylic acids is 1. The minimum Gasteiger partial charge on any atom is -0.480 e. The zero-order chi connectivity index (χ0) is 15.1. The lowest BCUT2D eigenvalue weighted by atomic mass is 10.1. The molecule has 0 saturated heterocycles. The number of hydrogen-bond acceptors (Lipinski definition) is 4. The van der Waals surface area contributed by atoms with E-state index in [4.69, 9.17) is 16.3 Å². The van der Waals surface area contributed by atoms with Crippen molar-refractivity contribution >= 4 is 17.5 Å². The number of hydrogen-bond donors (Lipinski definition) is 1. The molecule has 2 aliphatic rings. The summed E-state index contributed by atoms with van der Waals surface area (Å²) >= 11 is 5.96. The van der Waals surface area contributed by atoms with Crippen LogP contribution in [0.3, 0.4) is 0 Å². The lowest BCUT2D eigenvalue weighted by Crippen LogP contribution is -2.37. The van der Waals surface area contributed by atoms with Gasteiger partial charge in [-0.25, -0.2) is 0 Å². The molecule has 3 heterocycles. The van der Waals surface area contributed by atoms with Crippen LogP contribution in [-0.2, 0) is 30.7 Å². The van der Waals surface area contributed by atoms with Crippen molar-refractivity contribution in [3.8, 4) is 5.75 Å². The molecule has 22 heavy (non-hydrogen) atoms. The maximum atomic E-state index is 12.3. The van der Waals surface area contributed by atoms with Crippen LogP contribution in [0.1, 0.15) is 23.6 Å². The van der Waals surface area contributed by atoms with Gasteiger partial charge >= 0.3 is 0 Å². The highest BCUT2D eigenvalue weighted by Crippen LogP contribution is 2.31. The molecule has 2 aliphatic heterocycles. The van der Waals surface area contributed by atoms with E-state index in [1.54, 1.807) is 12.1 Å². The molecule has 0 spiro atoms. The lowest BCUT2D eigenvalue weighted by molar-refractivity contribution is -0.127. The third-order valence-corrected chi connectivity index (χ3v) is 4.33. The van der Waals surface area contributed by atoms with E-state index < -0.39 is 6.10 Å². The van der Waals surface area contributed by atoms with Gasteiger partial charge in [-0.1, -0.05) is 11.6 Å². The molecule has 1 aromatic carbocycles. The van der Waals surface area contributed by atoms with Crippen LogP contribution in [0.15, 0.2) is 18.2 Å². The highest BCUT2D eigenvalue weighted by Gasteiger charge is 2.29. The van der Waals surface area contributed by atoms with Crippen molar-refractivity contribution in [3.05, 3.63) is 40.4 Å². The Bertz CT molecular complexity index is 743. The van der Waals surface area contributed by atoms with Crippen LogP contribution in [0.4, 0.5) is 0 Å². The van der Waals surface area contributed by atoms with E-state index in [2.05, 4.69) is 20.1 Å². The van der Waals surface area contributed by atoms with Gasteiger partial charge in [-0.3, -0.25) is 4.79 Å². The zero-order valence-corrected chi connectivity index (χ0v) is 12.6. The van der Waals surface area contributed by atoms with Crippen molar-refractivity contribution in [2.45, 2.75) is 38.5 Å². The van der Waals surface area contributed by atoms with Crippen LogP contribution in [0.25, 0.3) is 0 Å². The SMILES string of the molecule is O=C(NCc1nnc2n1CCC2)C1Cc2cc(Cl)ccc2O1. The average Bonchev–Trinajstić information content (AvgIpc) is 3.19. The van der Waals surface area contributed by atoms with Gasteiger partial charge in [0.25, 0.3) is 5.91 Å². The van der Waals surface area contributed by atoms with Gasteiger partial charge < -0.3 is 14.6 Å². The summed E-state index contributed by atoms with van der Waals surface area (Å²) in [7, 11) is 0. The summed E-state index contributed by atoms with van der Waals surface area (Å²) in [5, 5.41) is 11.8. The zero-order valence-electron chi connectivity index (χ0n) is 11.9. The molecule has 0 saturated carbocycles. The van der Waals surface area contributed by atoms with E-state index >= 15 is 0 Å². The van der Waals surface area contributed by atoms with Gasteiger partial charge in [-0.2, -0.15) is 0 Å². The Morgan fingerprint density at radius 1 is 1.45 bits per heavy atom. The number of nitrogens with zero attached hydrogens (tertiary/aromatic N) is 3. The minimum absolute atomic E-state index is 0.136. The molecule has 0 bridgehead atoms. The molecule has 1 atom stereocenters. The highest BCUT2D eigenvalue weighted by atomic mass is 35.5. The number of fused-ring (bicyclic) bond motifs is 2. The summed E-state index contributed by atoms with van der Waals surface area (Å²) in [6, 6.07) is 5.41. The second-order valence-corrected chi connectivity index (χ2v) is 6.00. The Kier molecular flexibility index (Phi) is 3.26. The predicted octanol–water partition coefficient (Wildman–Crippen LogP) is 1.50. The first-order valence-electron chi connectivity index (χ1n) is 7.34. The molecule has 6 nitrogen and oxygen atoms in total. The summed E-state index contributed by atoms with van der Waals surface area (Å²) in [5.41, 5.74) is 0.969. The van der Waals surface area contributed by atoms with Crippen molar-refractivity contribution in [1.29, 1.82) is 0 Å². The minimum atomic E-state index is -0.505. The van der Waals surface area contributed by atoms with Crippen LogP contribution < -0.4 is 10.1 Å². The van der Waals surface area contributed by atoms with Crippen LogP contribution >= 0.6 is 11.6 Å². The highest BCUT2D eigenvalue weighted by molar-refractivity contribution is 6.30. The number of carbonyl (C=O) groups is 1. The molecule has 0 radical (unpaired) electrons. The predicted molar refractivity (Wildman–Crippen MR) is 79.8 cm³/mol. The van der Waals surface area contributed by atoms with E-state index in [1.807, 2.05) is 6.07 Å².